The molecule has 1 fully saturated rings. The molecule has 1 aromatic heterocycles. The third-order valence-corrected chi connectivity index (χ3v) is 6.17. The maximum absolute atomic E-state index is 13.1. The number of H-pyrrole nitrogens is 1. The van der Waals surface area contributed by atoms with Crippen molar-refractivity contribution in [3.05, 3.63) is 41.6 Å². The Morgan fingerprint density at radius 2 is 2.20 bits per heavy atom. The molecule has 4 heteroatoms. The quantitative estimate of drug-likeness (QED) is 0.853. The number of hydrogen-bond donors (Lipinski definition) is 1. The number of aromatic amines is 1. The number of rotatable bonds is 2. The SMILES string of the molecule is CCC1CN(C)CC2(C(=O)OC)Cc3c([nH]c4ccccc34)C=CC12. The first-order valence-electron chi connectivity index (χ1n) is 9.14. The van der Waals surface area contributed by atoms with Gasteiger partial charge in [-0.1, -0.05) is 37.6 Å². The number of methoxy groups -OCH3 is 1. The molecule has 1 aromatic carbocycles. The smallest absolute Gasteiger partial charge is 0.314 e. The van der Waals surface area contributed by atoms with Crippen LogP contribution in [0.2, 0.25) is 0 Å². The molecule has 4 nitrogen and oxygen atoms in total. The van der Waals surface area contributed by atoms with Crippen molar-refractivity contribution in [2.24, 2.45) is 17.3 Å². The molecular formula is C21H26N2O2. The van der Waals surface area contributed by atoms with Crippen LogP contribution >= 0.6 is 0 Å². The maximum Gasteiger partial charge on any atom is 0.314 e. The highest BCUT2D eigenvalue weighted by Crippen LogP contribution is 2.47. The second-order valence-corrected chi connectivity index (χ2v) is 7.64. The van der Waals surface area contributed by atoms with E-state index in [2.05, 4.69) is 54.2 Å². The summed E-state index contributed by atoms with van der Waals surface area (Å²) in [5.74, 6) is 0.593. The van der Waals surface area contributed by atoms with Crippen molar-refractivity contribution in [2.45, 2.75) is 19.8 Å². The van der Waals surface area contributed by atoms with Crippen LogP contribution in [0.3, 0.4) is 0 Å². The summed E-state index contributed by atoms with van der Waals surface area (Å²) in [5, 5.41) is 1.22. The number of carbonyl (C=O) groups is 1. The van der Waals surface area contributed by atoms with Crippen molar-refractivity contribution >= 4 is 22.9 Å². The number of nitrogens with one attached hydrogen (secondary N) is 1. The van der Waals surface area contributed by atoms with Crippen molar-refractivity contribution in [3.8, 4) is 0 Å². The van der Waals surface area contributed by atoms with Crippen LogP contribution in [0.1, 0.15) is 24.6 Å². The molecule has 2 heterocycles. The first kappa shape index (κ1) is 16.4. The standard InChI is InChI=1S/C21H26N2O2/c1-4-14-12-23(2)13-21(20(24)25-3)11-16-15-7-5-6-8-18(15)22-19(16)10-9-17(14)21/h5-10,14,17,22H,4,11-13H2,1-3H3. The van der Waals surface area contributed by atoms with E-state index in [-0.39, 0.29) is 11.9 Å². The molecule has 1 N–H and O–H groups in total. The Morgan fingerprint density at radius 1 is 1.40 bits per heavy atom. The highest BCUT2D eigenvalue weighted by atomic mass is 16.5. The summed E-state index contributed by atoms with van der Waals surface area (Å²) in [4.78, 5) is 18.9. The Labute approximate surface area is 148 Å². The first-order chi connectivity index (χ1) is 12.1. The van der Waals surface area contributed by atoms with Crippen molar-refractivity contribution < 1.29 is 9.53 Å². The monoisotopic (exact) mass is 338 g/mol. The summed E-state index contributed by atoms with van der Waals surface area (Å²) in [6.07, 6.45) is 6.24. The van der Waals surface area contributed by atoms with Crippen molar-refractivity contribution in [3.63, 3.8) is 0 Å². The van der Waals surface area contributed by atoms with E-state index in [0.717, 1.165) is 37.1 Å². The zero-order valence-electron chi connectivity index (χ0n) is 15.2. The zero-order chi connectivity index (χ0) is 17.6. The molecule has 2 aromatic rings. The molecule has 0 amide bonds. The Balaban J connectivity index is 1.91. The zero-order valence-corrected chi connectivity index (χ0v) is 15.2. The van der Waals surface area contributed by atoms with E-state index in [4.69, 9.17) is 4.74 Å². The van der Waals surface area contributed by atoms with Crippen LogP contribution in [0.15, 0.2) is 30.3 Å². The second kappa shape index (κ2) is 6.03. The lowest BCUT2D eigenvalue weighted by atomic mass is 9.63. The number of fused-ring (bicyclic) bond motifs is 4. The van der Waals surface area contributed by atoms with Crippen LogP contribution in [-0.2, 0) is 16.0 Å². The molecule has 0 saturated carbocycles. The molecule has 3 unspecified atom stereocenters. The Bertz CT molecular complexity index is 838. The molecule has 1 aliphatic carbocycles. The van der Waals surface area contributed by atoms with Crippen LogP contribution in [0.25, 0.3) is 17.0 Å². The van der Waals surface area contributed by atoms with Gasteiger partial charge >= 0.3 is 5.97 Å². The van der Waals surface area contributed by atoms with Gasteiger partial charge in [0.1, 0.15) is 0 Å². The van der Waals surface area contributed by atoms with Gasteiger partial charge < -0.3 is 14.6 Å². The highest BCUT2D eigenvalue weighted by Gasteiger charge is 2.53. The largest absolute Gasteiger partial charge is 0.469 e. The summed E-state index contributed by atoms with van der Waals surface area (Å²) >= 11 is 0. The molecule has 0 spiro atoms. The van der Waals surface area contributed by atoms with E-state index in [9.17, 15) is 4.79 Å². The number of hydrogen-bond acceptors (Lipinski definition) is 3. The Hall–Kier alpha value is -2.07. The highest BCUT2D eigenvalue weighted by molar-refractivity contribution is 5.89. The molecule has 0 radical (unpaired) electrons. The minimum atomic E-state index is -0.519. The number of aromatic nitrogens is 1. The number of carbonyl (C=O) groups excluding carboxylic acids is 1. The van der Waals surface area contributed by atoms with Crippen LogP contribution in [0, 0.1) is 17.3 Å². The number of allylic oxidation sites excluding steroid dienone is 1. The van der Waals surface area contributed by atoms with Gasteiger partial charge in [-0.3, -0.25) is 4.79 Å². The third kappa shape index (κ3) is 2.43. The molecule has 1 saturated heterocycles. The summed E-state index contributed by atoms with van der Waals surface area (Å²) < 4.78 is 5.34. The van der Waals surface area contributed by atoms with Crippen LogP contribution in [0.4, 0.5) is 0 Å². The Morgan fingerprint density at radius 3 is 2.96 bits per heavy atom. The van der Waals surface area contributed by atoms with Gasteiger partial charge in [0.05, 0.1) is 12.5 Å². The van der Waals surface area contributed by atoms with Gasteiger partial charge in [0, 0.05) is 29.7 Å². The number of benzene rings is 1. The number of likely N-dealkylation sites (tertiary alicyclic amines) is 1. The van der Waals surface area contributed by atoms with Crippen molar-refractivity contribution in [1.82, 2.24) is 9.88 Å². The fourth-order valence-electron chi connectivity index (χ4n) is 5.06. The summed E-state index contributed by atoms with van der Waals surface area (Å²) in [6.45, 7) is 3.99. The fourth-order valence-corrected chi connectivity index (χ4v) is 5.06. The van der Waals surface area contributed by atoms with Gasteiger partial charge in [-0.15, -0.1) is 0 Å². The normalized spacial score (nSPS) is 29.1. The third-order valence-electron chi connectivity index (χ3n) is 6.17. The maximum atomic E-state index is 13.1. The van der Waals surface area contributed by atoms with E-state index in [0.29, 0.717) is 5.92 Å². The molecular weight excluding hydrogens is 312 g/mol. The van der Waals surface area contributed by atoms with Gasteiger partial charge in [0.15, 0.2) is 0 Å². The van der Waals surface area contributed by atoms with Gasteiger partial charge in [0.25, 0.3) is 0 Å². The number of ether oxygens (including phenoxy) is 1. The van der Waals surface area contributed by atoms with E-state index < -0.39 is 5.41 Å². The lowest BCUT2D eigenvalue weighted by molar-refractivity contribution is -0.161. The average molecular weight is 338 g/mol. The van der Waals surface area contributed by atoms with Gasteiger partial charge in [0.2, 0.25) is 0 Å². The minimum absolute atomic E-state index is 0.0784. The summed E-state index contributed by atoms with van der Waals surface area (Å²) in [7, 11) is 3.64. The second-order valence-electron chi connectivity index (χ2n) is 7.64. The summed E-state index contributed by atoms with van der Waals surface area (Å²) in [6, 6.07) is 8.35. The number of nitrogens with zero attached hydrogens (tertiary/aromatic N) is 1. The predicted molar refractivity (Wildman–Crippen MR) is 100 cm³/mol. The van der Waals surface area contributed by atoms with Gasteiger partial charge in [-0.2, -0.15) is 0 Å². The van der Waals surface area contributed by atoms with Crippen molar-refractivity contribution in [2.75, 3.05) is 27.2 Å². The van der Waals surface area contributed by atoms with Crippen molar-refractivity contribution in [1.29, 1.82) is 0 Å². The number of para-hydroxylation sites is 1. The fraction of sp³-hybridized carbons (Fsp3) is 0.476. The minimum Gasteiger partial charge on any atom is -0.469 e. The number of esters is 1. The molecule has 0 bridgehead atoms. The van der Waals surface area contributed by atoms with Crippen LogP contribution in [-0.4, -0.2) is 43.1 Å². The van der Waals surface area contributed by atoms with E-state index in [1.165, 1.54) is 18.1 Å². The predicted octanol–water partition coefficient (Wildman–Crippen LogP) is 3.48. The summed E-state index contributed by atoms with van der Waals surface area (Å²) in [5.41, 5.74) is 2.99. The van der Waals surface area contributed by atoms with E-state index >= 15 is 0 Å². The van der Waals surface area contributed by atoms with Crippen LogP contribution < -0.4 is 0 Å². The number of piperidine rings is 1. The first-order valence-corrected chi connectivity index (χ1v) is 9.14. The van der Waals surface area contributed by atoms with Gasteiger partial charge in [-0.25, -0.2) is 0 Å². The molecule has 3 atom stereocenters. The van der Waals surface area contributed by atoms with E-state index in [1.54, 1.807) is 0 Å². The molecule has 4 rings (SSSR count). The van der Waals surface area contributed by atoms with Crippen LogP contribution in [0.5, 0.6) is 0 Å². The average Bonchev–Trinajstić information content (AvgIpc) is 2.87. The topological polar surface area (TPSA) is 45.3 Å². The molecule has 25 heavy (non-hydrogen) atoms. The molecule has 1 aliphatic heterocycles. The lowest BCUT2D eigenvalue weighted by Gasteiger charge is -2.48. The van der Waals surface area contributed by atoms with E-state index in [1.807, 2.05) is 6.07 Å². The Kier molecular flexibility index (Phi) is 3.95. The molecule has 2 aliphatic rings. The van der Waals surface area contributed by atoms with Gasteiger partial charge in [-0.05, 0) is 43.0 Å². The lowest BCUT2D eigenvalue weighted by Crippen LogP contribution is -2.56. The molecule has 132 valence electrons.